The maximum absolute atomic E-state index is 5.97. The van der Waals surface area contributed by atoms with Crippen LogP contribution in [0.5, 0.6) is 0 Å². The molecule has 0 saturated carbocycles. The Labute approximate surface area is 95.6 Å². The smallest absolute Gasteiger partial charge is 0.112 e. The molecule has 0 spiro atoms. The highest BCUT2D eigenvalue weighted by Gasteiger charge is 2.30. The number of aromatic amines is 1. The zero-order valence-corrected chi connectivity index (χ0v) is 9.70. The Hall–Kier alpha value is -0.870. The highest BCUT2D eigenvalue weighted by atomic mass is 16.5. The SMILES string of the molecule is CC1OCCC1c1nc2c([nH]1)CC(N)CC2. The molecule has 0 amide bonds. The maximum atomic E-state index is 5.97. The highest BCUT2D eigenvalue weighted by molar-refractivity contribution is 5.21. The van der Waals surface area contributed by atoms with Crippen LogP contribution in [0.4, 0.5) is 0 Å². The molecule has 3 rings (SSSR count). The van der Waals surface area contributed by atoms with Gasteiger partial charge < -0.3 is 15.5 Å². The van der Waals surface area contributed by atoms with Crippen LogP contribution in [0.2, 0.25) is 0 Å². The molecule has 0 bridgehead atoms. The second-order valence-electron chi connectivity index (χ2n) is 5.02. The molecule has 0 radical (unpaired) electrons. The van der Waals surface area contributed by atoms with E-state index in [4.69, 9.17) is 15.5 Å². The summed E-state index contributed by atoms with van der Waals surface area (Å²) in [7, 11) is 0. The summed E-state index contributed by atoms with van der Waals surface area (Å²) < 4.78 is 5.59. The summed E-state index contributed by atoms with van der Waals surface area (Å²) in [6.45, 7) is 2.99. The van der Waals surface area contributed by atoms with Crippen molar-refractivity contribution in [3.8, 4) is 0 Å². The fourth-order valence-corrected chi connectivity index (χ4v) is 2.80. The minimum absolute atomic E-state index is 0.293. The van der Waals surface area contributed by atoms with Gasteiger partial charge in [0.25, 0.3) is 0 Å². The van der Waals surface area contributed by atoms with Crippen LogP contribution >= 0.6 is 0 Å². The largest absolute Gasteiger partial charge is 0.378 e. The van der Waals surface area contributed by atoms with E-state index in [0.29, 0.717) is 18.1 Å². The van der Waals surface area contributed by atoms with Crippen LogP contribution in [0.1, 0.15) is 42.9 Å². The molecule has 4 nitrogen and oxygen atoms in total. The second kappa shape index (κ2) is 3.86. The number of aromatic nitrogens is 2. The lowest BCUT2D eigenvalue weighted by molar-refractivity contribution is 0.117. The molecule has 4 heteroatoms. The van der Waals surface area contributed by atoms with Crippen molar-refractivity contribution in [1.29, 1.82) is 0 Å². The van der Waals surface area contributed by atoms with Crippen molar-refractivity contribution in [2.24, 2.45) is 5.73 Å². The number of imidazole rings is 1. The fraction of sp³-hybridized carbons (Fsp3) is 0.750. The maximum Gasteiger partial charge on any atom is 0.112 e. The minimum atomic E-state index is 0.293. The summed E-state index contributed by atoms with van der Waals surface area (Å²) in [6.07, 6.45) is 4.41. The van der Waals surface area contributed by atoms with Crippen molar-refractivity contribution in [3.05, 3.63) is 17.2 Å². The zero-order chi connectivity index (χ0) is 11.1. The molecule has 3 unspecified atom stereocenters. The van der Waals surface area contributed by atoms with Crippen LogP contribution in [0.15, 0.2) is 0 Å². The minimum Gasteiger partial charge on any atom is -0.378 e. The fourth-order valence-electron chi connectivity index (χ4n) is 2.80. The van der Waals surface area contributed by atoms with E-state index in [-0.39, 0.29) is 0 Å². The molecule has 1 aliphatic carbocycles. The van der Waals surface area contributed by atoms with Gasteiger partial charge in [-0.25, -0.2) is 4.98 Å². The van der Waals surface area contributed by atoms with E-state index in [1.54, 1.807) is 0 Å². The van der Waals surface area contributed by atoms with Crippen LogP contribution in [0.3, 0.4) is 0 Å². The van der Waals surface area contributed by atoms with Crippen molar-refractivity contribution in [1.82, 2.24) is 9.97 Å². The van der Waals surface area contributed by atoms with Crippen molar-refractivity contribution in [2.75, 3.05) is 6.61 Å². The van der Waals surface area contributed by atoms with Gasteiger partial charge in [-0.2, -0.15) is 0 Å². The van der Waals surface area contributed by atoms with Crippen molar-refractivity contribution in [2.45, 2.75) is 50.7 Å². The number of nitrogens with one attached hydrogen (secondary N) is 1. The van der Waals surface area contributed by atoms with Gasteiger partial charge in [0, 0.05) is 30.7 Å². The van der Waals surface area contributed by atoms with Gasteiger partial charge in [-0.1, -0.05) is 0 Å². The normalized spacial score (nSPS) is 34.0. The van der Waals surface area contributed by atoms with Gasteiger partial charge in [0.1, 0.15) is 5.82 Å². The highest BCUT2D eigenvalue weighted by Crippen LogP contribution is 2.31. The third-order valence-corrected chi connectivity index (χ3v) is 3.83. The molecule has 3 atom stereocenters. The molecule has 1 aliphatic heterocycles. The Kier molecular flexibility index (Phi) is 2.48. The van der Waals surface area contributed by atoms with Crippen molar-refractivity contribution >= 4 is 0 Å². The zero-order valence-electron chi connectivity index (χ0n) is 9.70. The van der Waals surface area contributed by atoms with E-state index in [1.807, 2.05) is 0 Å². The van der Waals surface area contributed by atoms with E-state index in [1.165, 1.54) is 11.4 Å². The van der Waals surface area contributed by atoms with Gasteiger partial charge in [0.05, 0.1) is 11.8 Å². The van der Waals surface area contributed by atoms with Gasteiger partial charge in [0.15, 0.2) is 0 Å². The summed E-state index contributed by atoms with van der Waals surface area (Å²) in [4.78, 5) is 8.19. The summed E-state index contributed by atoms with van der Waals surface area (Å²) >= 11 is 0. The molecule has 0 aromatic carbocycles. The summed E-state index contributed by atoms with van der Waals surface area (Å²) in [5.41, 5.74) is 8.46. The molecule has 1 aromatic heterocycles. The lowest BCUT2D eigenvalue weighted by Crippen LogP contribution is -2.27. The van der Waals surface area contributed by atoms with Crippen LogP contribution < -0.4 is 5.73 Å². The second-order valence-corrected chi connectivity index (χ2v) is 5.02. The number of fused-ring (bicyclic) bond motifs is 1. The number of aryl methyl sites for hydroxylation is 1. The number of nitrogens with two attached hydrogens (primary N) is 1. The molecular formula is C12H19N3O. The Bertz CT molecular complexity index is 388. The van der Waals surface area contributed by atoms with Gasteiger partial charge in [-0.3, -0.25) is 0 Å². The molecule has 16 heavy (non-hydrogen) atoms. The lowest BCUT2D eigenvalue weighted by Gasteiger charge is -2.16. The third-order valence-electron chi connectivity index (χ3n) is 3.83. The first kappa shape index (κ1) is 10.3. The van der Waals surface area contributed by atoms with E-state index < -0.39 is 0 Å². The Morgan fingerprint density at radius 2 is 2.31 bits per heavy atom. The molecular weight excluding hydrogens is 202 g/mol. The summed E-state index contributed by atoms with van der Waals surface area (Å²) in [6, 6.07) is 0.304. The van der Waals surface area contributed by atoms with Gasteiger partial charge in [0.2, 0.25) is 0 Å². The molecule has 1 saturated heterocycles. The Balaban J connectivity index is 1.86. The molecule has 1 aromatic rings. The van der Waals surface area contributed by atoms with E-state index in [0.717, 1.165) is 38.1 Å². The predicted molar refractivity (Wildman–Crippen MR) is 61.4 cm³/mol. The van der Waals surface area contributed by atoms with Crippen LogP contribution in [0.25, 0.3) is 0 Å². The number of hydrogen-bond donors (Lipinski definition) is 2. The first-order valence-corrected chi connectivity index (χ1v) is 6.19. The van der Waals surface area contributed by atoms with Gasteiger partial charge in [-0.05, 0) is 26.2 Å². The van der Waals surface area contributed by atoms with Crippen LogP contribution in [0, 0.1) is 0 Å². The molecule has 3 N–H and O–H groups in total. The molecule has 2 heterocycles. The summed E-state index contributed by atoms with van der Waals surface area (Å²) in [5, 5.41) is 0. The van der Waals surface area contributed by atoms with Crippen molar-refractivity contribution < 1.29 is 4.74 Å². The van der Waals surface area contributed by atoms with Crippen molar-refractivity contribution in [3.63, 3.8) is 0 Å². The third kappa shape index (κ3) is 1.66. The quantitative estimate of drug-likeness (QED) is 0.747. The monoisotopic (exact) mass is 221 g/mol. The first-order valence-electron chi connectivity index (χ1n) is 6.19. The van der Waals surface area contributed by atoms with E-state index in [9.17, 15) is 0 Å². The summed E-state index contributed by atoms with van der Waals surface area (Å²) in [5.74, 6) is 1.56. The number of H-pyrrole nitrogens is 1. The van der Waals surface area contributed by atoms with Crippen LogP contribution in [-0.2, 0) is 17.6 Å². The van der Waals surface area contributed by atoms with Gasteiger partial charge >= 0.3 is 0 Å². The molecule has 88 valence electrons. The molecule has 1 fully saturated rings. The Morgan fingerprint density at radius 1 is 1.44 bits per heavy atom. The average molecular weight is 221 g/mol. The average Bonchev–Trinajstić information content (AvgIpc) is 2.82. The van der Waals surface area contributed by atoms with E-state index >= 15 is 0 Å². The lowest BCUT2D eigenvalue weighted by atomic mass is 9.97. The van der Waals surface area contributed by atoms with Gasteiger partial charge in [-0.15, -0.1) is 0 Å². The predicted octanol–water partition coefficient (Wildman–Crippen LogP) is 1.12. The Morgan fingerprint density at radius 3 is 3.06 bits per heavy atom. The van der Waals surface area contributed by atoms with Crippen LogP contribution in [-0.4, -0.2) is 28.7 Å². The molecule has 2 aliphatic rings. The van der Waals surface area contributed by atoms with E-state index in [2.05, 4.69) is 11.9 Å². The number of hydrogen-bond acceptors (Lipinski definition) is 3. The standard InChI is InChI=1S/C12H19N3O/c1-7-9(4-5-16-7)12-14-10-3-2-8(13)6-11(10)15-12/h7-9H,2-6,13H2,1H3,(H,14,15). The number of ether oxygens (including phenoxy) is 1. The number of rotatable bonds is 1. The number of nitrogens with zero attached hydrogens (tertiary/aromatic N) is 1. The topological polar surface area (TPSA) is 63.9 Å². The first-order chi connectivity index (χ1) is 7.74.